The summed E-state index contributed by atoms with van der Waals surface area (Å²) in [4.78, 5) is 4.29. The molecule has 0 aliphatic heterocycles. The molecule has 1 rings (SSSR count). The molecule has 4 nitrogen and oxygen atoms in total. The van der Waals surface area contributed by atoms with E-state index in [9.17, 15) is 0 Å². The molecule has 92 valence electrons. The molecule has 1 aromatic heterocycles. The number of rotatable bonds is 7. The lowest BCUT2D eigenvalue weighted by molar-refractivity contribution is 0.391. The van der Waals surface area contributed by atoms with Gasteiger partial charge in [0, 0.05) is 19.0 Å². The highest BCUT2D eigenvalue weighted by Crippen LogP contribution is 2.10. The molecule has 0 aromatic carbocycles. The van der Waals surface area contributed by atoms with Crippen molar-refractivity contribution < 1.29 is 0 Å². The van der Waals surface area contributed by atoms with Crippen molar-refractivity contribution in [3.8, 4) is 0 Å². The average Bonchev–Trinajstić information content (AvgIpc) is 2.71. The van der Waals surface area contributed by atoms with Crippen LogP contribution in [0.5, 0.6) is 0 Å². The number of hydrogen-bond donors (Lipinski definition) is 1. The first-order valence-electron chi connectivity index (χ1n) is 6.23. The van der Waals surface area contributed by atoms with Crippen LogP contribution < -0.4 is 5.32 Å². The van der Waals surface area contributed by atoms with Crippen LogP contribution in [-0.2, 0) is 13.0 Å². The molecule has 1 heterocycles. The Morgan fingerprint density at radius 1 is 1.44 bits per heavy atom. The summed E-state index contributed by atoms with van der Waals surface area (Å²) in [7, 11) is 2.04. The molecule has 0 amide bonds. The molecule has 0 saturated heterocycles. The Labute approximate surface area is 98.5 Å². The van der Waals surface area contributed by atoms with Crippen LogP contribution in [0.4, 0.5) is 0 Å². The highest BCUT2D eigenvalue weighted by molar-refractivity contribution is 4.85. The van der Waals surface area contributed by atoms with Gasteiger partial charge >= 0.3 is 0 Å². The Morgan fingerprint density at radius 2 is 2.19 bits per heavy atom. The number of aryl methyl sites for hydroxylation is 2. The van der Waals surface area contributed by atoms with E-state index in [1.807, 2.05) is 11.7 Å². The maximum Gasteiger partial charge on any atom is 0.138 e. The van der Waals surface area contributed by atoms with Crippen LogP contribution in [0.15, 0.2) is 6.33 Å². The topological polar surface area (TPSA) is 42.7 Å². The maximum atomic E-state index is 4.29. The molecule has 0 aliphatic rings. The van der Waals surface area contributed by atoms with Crippen molar-refractivity contribution in [1.29, 1.82) is 0 Å². The SMILES string of the molecule is CCn1ncnc1CCCC(NC)C(C)C. The zero-order valence-corrected chi connectivity index (χ0v) is 10.9. The van der Waals surface area contributed by atoms with Crippen molar-refractivity contribution in [2.24, 2.45) is 5.92 Å². The molecule has 16 heavy (non-hydrogen) atoms. The van der Waals surface area contributed by atoms with Crippen molar-refractivity contribution in [2.75, 3.05) is 7.05 Å². The fourth-order valence-corrected chi connectivity index (χ4v) is 2.04. The Balaban J connectivity index is 2.35. The zero-order chi connectivity index (χ0) is 12.0. The standard InChI is InChI=1S/C12H24N4/c1-5-16-12(14-9-15-16)8-6-7-11(13-4)10(2)3/h9-11,13H,5-8H2,1-4H3. The van der Waals surface area contributed by atoms with Gasteiger partial charge in [0.05, 0.1) is 0 Å². The zero-order valence-electron chi connectivity index (χ0n) is 10.9. The predicted molar refractivity (Wildman–Crippen MR) is 66.3 cm³/mol. The largest absolute Gasteiger partial charge is 0.317 e. The van der Waals surface area contributed by atoms with Crippen molar-refractivity contribution in [3.63, 3.8) is 0 Å². The summed E-state index contributed by atoms with van der Waals surface area (Å²) < 4.78 is 1.98. The van der Waals surface area contributed by atoms with Crippen molar-refractivity contribution in [1.82, 2.24) is 20.1 Å². The summed E-state index contributed by atoms with van der Waals surface area (Å²) in [6.45, 7) is 7.53. The first-order chi connectivity index (χ1) is 7.69. The summed E-state index contributed by atoms with van der Waals surface area (Å²) in [6, 6.07) is 0.609. The van der Waals surface area contributed by atoms with Crippen LogP contribution in [0.25, 0.3) is 0 Å². The number of hydrogen-bond acceptors (Lipinski definition) is 3. The lowest BCUT2D eigenvalue weighted by Crippen LogP contribution is -2.30. The van der Waals surface area contributed by atoms with Gasteiger partial charge in [-0.3, -0.25) is 4.68 Å². The third-order valence-electron chi connectivity index (χ3n) is 3.09. The van der Waals surface area contributed by atoms with E-state index in [2.05, 4.69) is 36.2 Å². The summed E-state index contributed by atoms with van der Waals surface area (Å²) in [5.74, 6) is 1.80. The smallest absolute Gasteiger partial charge is 0.138 e. The van der Waals surface area contributed by atoms with Crippen LogP contribution in [0, 0.1) is 5.92 Å². The molecule has 4 heteroatoms. The summed E-state index contributed by atoms with van der Waals surface area (Å²) >= 11 is 0. The second-order valence-electron chi connectivity index (χ2n) is 4.52. The Bertz CT molecular complexity index is 293. The van der Waals surface area contributed by atoms with Crippen LogP contribution in [0.1, 0.15) is 39.4 Å². The fraction of sp³-hybridized carbons (Fsp3) is 0.833. The van der Waals surface area contributed by atoms with Gasteiger partial charge < -0.3 is 5.32 Å². The van der Waals surface area contributed by atoms with Gasteiger partial charge in [0.2, 0.25) is 0 Å². The Kier molecular flexibility index (Phi) is 5.46. The molecule has 0 saturated carbocycles. The molecule has 1 aromatic rings. The number of aromatic nitrogens is 3. The monoisotopic (exact) mass is 224 g/mol. The van der Waals surface area contributed by atoms with Crippen molar-refractivity contribution >= 4 is 0 Å². The van der Waals surface area contributed by atoms with Crippen LogP contribution in [0.2, 0.25) is 0 Å². The highest BCUT2D eigenvalue weighted by Gasteiger charge is 2.11. The van der Waals surface area contributed by atoms with Crippen LogP contribution in [-0.4, -0.2) is 27.9 Å². The van der Waals surface area contributed by atoms with Crippen LogP contribution in [0.3, 0.4) is 0 Å². The van der Waals surface area contributed by atoms with Gasteiger partial charge in [-0.2, -0.15) is 5.10 Å². The lowest BCUT2D eigenvalue weighted by Gasteiger charge is -2.19. The minimum Gasteiger partial charge on any atom is -0.317 e. The summed E-state index contributed by atoms with van der Waals surface area (Å²) in [6.07, 6.45) is 5.04. The van der Waals surface area contributed by atoms with Gasteiger partial charge in [-0.1, -0.05) is 13.8 Å². The molecule has 0 fully saturated rings. The minimum atomic E-state index is 0.609. The first-order valence-corrected chi connectivity index (χ1v) is 6.23. The van der Waals surface area contributed by atoms with Crippen molar-refractivity contribution in [3.05, 3.63) is 12.2 Å². The van der Waals surface area contributed by atoms with E-state index >= 15 is 0 Å². The molecule has 1 unspecified atom stereocenters. The molecule has 0 aliphatic carbocycles. The molecular formula is C12H24N4. The maximum absolute atomic E-state index is 4.29. The number of nitrogens with one attached hydrogen (secondary N) is 1. The van der Waals surface area contributed by atoms with E-state index in [-0.39, 0.29) is 0 Å². The fourth-order valence-electron chi connectivity index (χ4n) is 2.04. The summed E-state index contributed by atoms with van der Waals surface area (Å²) in [5.41, 5.74) is 0. The Hall–Kier alpha value is -0.900. The molecule has 1 N–H and O–H groups in total. The quantitative estimate of drug-likeness (QED) is 0.769. The van der Waals surface area contributed by atoms with E-state index in [1.165, 1.54) is 12.8 Å². The summed E-state index contributed by atoms with van der Waals surface area (Å²) in [5, 5.41) is 7.54. The van der Waals surface area contributed by atoms with Gasteiger partial charge in [0.15, 0.2) is 0 Å². The van der Waals surface area contributed by atoms with E-state index in [0.29, 0.717) is 12.0 Å². The van der Waals surface area contributed by atoms with Gasteiger partial charge in [-0.05, 0) is 32.7 Å². The molecule has 0 bridgehead atoms. The van der Waals surface area contributed by atoms with E-state index in [1.54, 1.807) is 6.33 Å². The molecule has 1 atom stereocenters. The Morgan fingerprint density at radius 3 is 2.75 bits per heavy atom. The minimum absolute atomic E-state index is 0.609. The third kappa shape index (κ3) is 3.59. The highest BCUT2D eigenvalue weighted by atomic mass is 15.3. The molecule has 0 radical (unpaired) electrons. The molecule has 0 spiro atoms. The normalized spacial score (nSPS) is 13.3. The van der Waals surface area contributed by atoms with Crippen LogP contribution >= 0.6 is 0 Å². The molecular weight excluding hydrogens is 200 g/mol. The van der Waals surface area contributed by atoms with Gasteiger partial charge in [-0.25, -0.2) is 4.98 Å². The third-order valence-corrected chi connectivity index (χ3v) is 3.09. The first kappa shape index (κ1) is 13.2. The second-order valence-corrected chi connectivity index (χ2v) is 4.52. The van der Waals surface area contributed by atoms with Gasteiger partial charge in [0.25, 0.3) is 0 Å². The van der Waals surface area contributed by atoms with Crippen molar-refractivity contribution in [2.45, 2.75) is 52.6 Å². The van der Waals surface area contributed by atoms with Gasteiger partial charge in [0.1, 0.15) is 12.2 Å². The van der Waals surface area contributed by atoms with Gasteiger partial charge in [-0.15, -0.1) is 0 Å². The van der Waals surface area contributed by atoms with E-state index < -0.39 is 0 Å². The average molecular weight is 224 g/mol. The lowest BCUT2D eigenvalue weighted by atomic mass is 9.98. The van der Waals surface area contributed by atoms with E-state index in [4.69, 9.17) is 0 Å². The predicted octanol–water partition coefficient (Wildman–Crippen LogP) is 1.86. The van der Waals surface area contributed by atoms with E-state index in [0.717, 1.165) is 18.8 Å². The number of nitrogens with zero attached hydrogens (tertiary/aromatic N) is 3. The second kappa shape index (κ2) is 6.63.